The van der Waals surface area contributed by atoms with E-state index in [4.69, 9.17) is 5.73 Å². The second-order valence-electron chi connectivity index (χ2n) is 4.98. The Labute approximate surface area is 126 Å². The van der Waals surface area contributed by atoms with Gasteiger partial charge in [-0.2, -0.15) is 0 Å². The number of rotatable bonds is 6. The van der Waals surface area contributed by atoms with Gasteiger partial charge in [-0.3, -0.25) is 10.5 Å². The molecule has 20 heavy (non-hydrogen) atoms. The van der Waals surface area contributed by atoms with E-state index in [9.17, 15) is 4.79 Å². The molecular formula is C13H20BrN5O. The second kappa shape index (κ2) is 5.97. The lowest BCUT2D eigenvalue weighted by Gasteiger charge is -2.36. The molecule has 1 aliphatic rings. The van der Waals surface area contributed by atoms with Crippen molar-refractivity contribution in [1.29, 1.82) is 0 Å². The van der Waals surface area contributed by atoms with Crippen LogP contribution in [0.5, 0.6) is 0 Å². The molecule has 0 fully saturated rings. The molecule has 1 aromatic rings. The van der Waals surface area contributed by atoms with Crippen LogP contribution in [0.2, 0.25) is 0 Å². The summed E-state index contributed by atoms with van der Waals surface area (Å²) in [4.78, 5) is 16.4. The first kappa shape index (κ1) is 15.1. The summed E-state index contributed by atoms with van der Waals surface area (Å²) < 4.78 is 2.42. The summed E-state index contributed by atoms with van der Waals surface area (Å²) in [6.07, 6.45) is 5.56. The number of fused-ring (bicyclic) bond motifs is 1. The molecule has 0 aliphatic carbocycles. The zero-order valence-electron chi connectivity index (χ0n) is 11.6. The predicted octanol–water partition coefficient (Wildman–Crippen LogP) is 2.18. The van der Waals surface area contributed by atoms with E-state index < -0.39 is 5.79 Å². The van der Waals surface area contributed by atoms with E-state index in [-0.39, 0.29) is 5.91 Å². The van der Waals surface area contributed by atoms with E-state index in [1.807, 2.05) is 4.57 Å². The highest BCUT2D eigenvalue weighted by Gasteiger charge is 2.37. The third-order valence-electron chi connectivity index (χ3n) is 3.30. The molecule has 1 aliphatic heterocycles. The van der Waals surface area contributed by atoms with Gasteiger partial charge in [0.05, 0.1) is 0 Å². The van der Waals surface area contributed by atoms with Crippen LogP contribution in [0, 0.1) is 0 Å². The molecule has 7 heteroatoms. The molecule has 1 amide bonds. The molecule has 1 atom stereocenters. The molecule has 4 N–H and O–H groups in total. The fraction of sp³-hybridized carbons (Fsp3) is 0.538. The van der Waals surface area contributed by atoms with E-state index in [1.54, 1.807) is 6.08 Å². The number of nitrogens with two attached hydrogens (primary N) is 1. The van der Waals surface area contributed by atoms with Crippen LogP contribution in [0.1, 0.15) is 43.1 Å². The summed E-state index contributed by atoms with van der Waals surface area (Å²) in [6, 6.07) is 0. The molecule has 2 rings (SSSR count). The van der Waals surface area contributed by atoms with E-state index in [0.717, 1.165) is 19.3 Å². The van der Waals surface area contributed by atoms with Gasteiger partial charge in [0.25, 0.3) is 5.91 Å². The molecule has 110 valence electrons. The minimum atomic E-state index is -0.919. The predicted molar refractivity (Wildman–Crippen MR) is 82.3 cm³/mol. The molecule has 1 unspecified atom stereocenters. The number of imidazole rings is 1. The fourth-order valence-electron chi connectivity index (χ4n) is 2.29. The van der Waals surface area contributed by atoms with Gasteiger partial charge in [-0.1, -0.05) is 25.8 Å². The normalized spacial score (nSPS) is 21.1. The summed E-state index contributed by atoms with van der Waals surface area (Å²) in [5, 5.41) is 6.00. The number of hydrogen-bond donors (Lipinski definition) is 3. The highest BCUT2D eigenvalue weighted by molar-refractivity contribution is 9.10. The molecular weight excluding hydrogens is 322 g/mol. The van der Waals surface area contributed by atoms with Gasteiger partial charge < -0.3 is 15.2 Å². The average molecular weight is 342 g/mol. The van der Waals surface area contributed by atoms with Crippen molar-refractivity contribution in [3.8, 4) is 0 Å². The number of aromatic nitrogens is 2. The highest BCUT2D eigenvalue weighted by Crippen LogP contribution is 2.28. The van der Waals surface area contributed by atoms with Crippen LogP contribution >= 0.6 is 15.9 Å². The van der Waals surface area contributed by atoms with Gasteiger partial charge >= 0.3 is 0 Å². The summed E-state index contributed by atoms with van der Waals surface area (Å²) in [5.74, 6) is -0.529. The number of allylic oxidation sites excluding steroid dienone is 1. The number of nitrogens with zero attached hydrogens (tertiary/aromatic N) is 2. The number of halogens is 1. The minimum absolute atomic E-state index is 0.249. The van der Waals surface area contributed by atoms with Crippen LogP contribution in [0.15, 0.2) is 17.4 Å². The molecule has 0 spiro atoms. The Morgan fingerprint density at radius 2 is 2.25 bits per heavy atom. The number of hydrogen-bond acceptors (Lipinski definition) is 4. The van der Waals surface area contributed by atoms with Crippen molar-refractivity contribution in [2.75, 3.05) is 5.32 Å². The Morgan fingerprint density at radius 1 is 1.50 bits per heavy atom. The van der Waals surface area contributed by atoms with Crippen molar-refractivity contribution >= 4 is 27.7 Å². The molecule has 0 saturated carbocycles. The van der Waals surface area contributed by atoms with Crippen molar-refractivity contribution in [2.24, 2.45) is 5.73 Å². The van der Waals surface area contributed by atoms with Crippen LogP contribution in [0.3, 0.4) is 0 Å². The second-order valence-corrected chi connectivity index (χ2v) is 5.69. The lowest BCUT2D eigenvalue weighted by Crippen LogP contribution is -2.64. The monoisotopic (exact) mass is 341 g/mol. The van der Waals surface area contributed by atoms with E-state index >= 15 is 0 Å². The fourth-order valence-corrected chi connectivity index (χ4v) is 2.79. The quantitative estimate of drug-likeness (QED) is 0.546. The molecule has 6 nitrogen and oxygen atoms in total. The van der Waals surface area contributed by atoms with E-state index in [2.05, 4.69) is 45.1 Å². The Kier molecular flexibility index (Phi) is 4.49. The summed E-state index contributed by atoms with van der Waals surface area (Å²) in [6.45, 7) is 6.39. The summed E-state index contributed by atoms with van der Waals surface area (Å²) in [7, 11) is 0. The maximum atomic E-state index is 12.2. The first-order valence-electron chi connectivity index (χ1n) is 6.77. The third-order valence-corrected chi connectivity index (χ3v) is 3.91. The summed E-state index contributed by atoms with van der Waals surface area (Å²) in [5.41, 5.74) is 6.61. The number of unbranched alkanes of at least 4 members (excludes halogenated alkanes) is 2. The van der Waals surface area contributed by atoms with Gasteiger partial charge in [-0.25, -0.2) is 4.98 Å². The number of nitrogens with one attached hydrogen (secondary N) is 2. The van der Waals surface area contributed by atoms with Crippen molar-refractivity contribution in [1.82, 2.24) is 14.9 Å². The van der Waals surface area contributed by atoms with Gasteiger partial charge in [0.15, 0.2) is 16.2 Å². The minimum Gasteiger partial charge on any atom is -0.335 e. The average Bonchev–Trinajstić information content (AvgIpc) is 2.68. The first-order chi connectivity index (χ1) is 9.50. The van der Waals surface area contributed by atoms with E-state index in [1.165, 1.54) is 0 Å². The largest absolute Gasteiger partial charge is 0.335 e. The smallest absolute Gasteiger partial charge is 0.276 e. The number of carbonyl (C=O) groups is 1. The Bertz CT molecular complexity index is 527. The standard InChI is InChI=1S/C13H20BrN5O/c1-3-5-6-7-13(15)17-10-9(11(20)18-13)16-12(14)19(10)8-4-2/h4,17H,2-3,5-8,15H2,1H3,(H,18,20). The van der Waals surface area contributed by atoms with Crippen molar-refractivity contribution in [2.45, 2.75) is 44.9 Å². The van der Waals surface area contributed by atoms with Crippen molar-refractivity contribution < 1.29 is 4.79 Å². The Morgan fingerprint density at radius 3 is 2.90 bits per heavy atom. The number of carbonyl (C=O) groups excluding carboxylic acids is 1. The lowest BCUT2D eigenvalue weighted by atomic mass is 10.1. The van der Waals surface area contributed by atoms with Gasteiger partial charge in [-0.05, 0) is 22.4 Å². The van der Waals surface area contributed by atoms with Gasteiger partial charge in [0, 0.05) is 13.0 Å². The van der Waals surface area contributed by atoms with Crippen LogP contribution < -0.4 is 16.4 Å². The molecule has 0 aromatic carbocycles. The maximum absolute atomic E-state index is 12.2. The van der Waals surface area contributed by atoms with Crippen LogP contribution in [0.4, 0.5) is 5.82 Å². The number of anilines is 1. The van der Waals surface area contributed by atoms with Crippen LogP contribution in [-0.2, 0) is 6.54 Å². The van der Waals surface area contributed by atoms with Crippen molar-refractivity contribution in [3.63, 3.8) is 0 Å². The molecule has 0 bridgehead atoms. The lowest BCUT2D eigenvalue weighted by molar-refractivity contribution is 0.0891. The van der Waals surface area contributed by atoms with E-state index in [0.29, 0.717) is 29.2 Å². The third kappa shape index (κ3) is 2.88. The zero-order chi connectivity index (χ0) is 14.8. The number of amides is 1. The summed E-state index contributed by atoms with van der Waals surface area (Å²) >= 11 is 3.35. The van der Waals surface area contributed by atoms with Gasteiger partial charge in [-0.15, -0.1) is 6.58 Å². The maximum Gasteiger partial charge on any atom is 0.276 e. The SMILES string of the molecule is C=CCn1c(Br)nc2c1NC(N)(CCCCC)NC2=O. The molecule has 0 saturated heterocycles. The van der Waals surface area contributed by atoms with Crippen LogP contribution in [-0.4, -0.2) is 21.2 Å². The molecule has 2 heterocycles. The first-order valence-corrected chi connectivity index (χ1v) is 7.56. The highest BCUT2D eigenvalue weighted by atomic mass is 79.9. The van der Waals surface area contributed by atoms with Gasteiger partial charge in [0.2, 0.25) is 0 Å². The molecule has 0 radical (unpaired) electrons. The van der Waals surface area contributed by atoms with Crippen molar-refractivity contribution in [3.05, 3.63) is 23.1 Å². The molecule has 1 aromatic heterocycles. The Hall–Kier alpha value is -1.34. The van der Waals surface area contributed by atoms with Crippen LogP contribution in [0.25, 0.3) is 0 Å². The van der Waals surface area contributed by atoms with Gasteiger partial charge in [0.1, 0.15) is 5.82 Å². The topological polar surface area (TPSA) is 85.0 Å². The Balaban J connectivity index is 2.26. The zero-order valence-corrected chi connectivity index (χ0v) is 13.2.